The first kappa shape index (κ1) is 12.8. The van der Waals surface area contributed by atoms with Gasteiger partial charge in [-0.2, -0.15) is 0 Å². The molecule has 0 aromatic carbocycles. The van der Waals surface area contributed by atoms with Crippen LogP contribution in [0.5, 0.6) is 0 Å². The molecule has 2 aromatic rings. The summed E-state index contributed by atoms with van der Waals surface area (Å²) in [5.74, 6) is 0.979. The van der Waals surface area contributed by atoms with Gasteiger partial charge in [0.2, 0.25) is 0 Å². The SMILES string of the molecule is CNCc1cn(CCN(C)Cc2ccco2)nn1. The van der Waals surface area contributed by atoms with Crippen LogP contribution in [0.4, 0.5) is 0 Å². The van der Waals surface area contributed by atoms with Gasteiger partial charge in [0.15, 0.2) is 0 Å². The first-order valence-corrected chi connectivity index (χ1v) is 6.02. The predicted octanol–water partition coefficient (Wildman–Crippen LogP) is 0.722. The number of rotatable bonds is 7. The Labute approximate surface area is 107 Å². The number of nitrogens with one attached hydrogen (secondary N) is 1. The number of aromatic nitrogens is 3. The Morgan fingerprint density at radius 1 is 1.50 bits per heavy atom. The van der Waals surface area contributed by atoms with Crippen LogP contribution in [0.3, 0.4) is 0 Å². The summed E-state index contributed by atoms with van der Waals surface area (Å²) in [6.07, 6.45) is 3.67. The van der Waals surface area contributed by atoms with Crippen molar-refractivity contribution in [3.63, 3.8) is 0 Å². The summed E-state index contributed by atoms with van der Waals surface area (Å²) in [6, 6.07) is 3.89. The van der Waals surface area contributed by atoms with E-state index in [4.69, 9.17) is 4.42 Å². The Kier molecular flexibility index (Phi) is 4.49. The molecule has 0 atom stereocenters. The molecule has 98 valence electrons. The van der Waals surface area contributed by atoms with Gasteiger partial charge >= 0.3 is 0 Å². The third kappa shape index (κ3) is 3.68. The average Bonchev–Trinajstić information content (AvgIpc) is 2.99. The summed E-state index contributed by atoms with van der Waals surface area (Å²) in [6.45, 7) is 3.30. The molecule has 0 saturated carbocycles. The Morgan fingerprint density at radius 3 is 3.11 bits per heavy atom. The summed E-state index contributed by atoms with van der Waals surface area (Å²) >= 11 is 0. The highest BCUT2D eigenvalue weighted by molar-refractivity contribution is 4.97. The molecule has 6 nitrogen and oxygen atoms in total. The van der Waals surface area contributed by atoms with Crippen LogP contribution in [-0.2, 0) is 19.6 Å². The second kappa shape index (κ2) is 6.32. The van der Waals surface area contributed by atoms with E-state index in [1.54, 1.807) is 6.26 Å². The predicted molar refractivity (Wildman–Crippen MR) is 67.8 cm³/mol. The standard InChI is InChI=1S/C12H19N5O/c1-13-8-11-9-17(15-14-11)6-5-16(2)10-12-4-3-7-18-12/h3-4,7,9,13H,5-6,8,10H2,1-2H3. The Hall–Kier alpha value is -1.66. The highest BCUT2D eigenvalue weighted by Crippen LogP contribution is 2.03. The van der Waals surface area contributed by atoms with E-state index >= 15 is 0 Å². The zero-order valence-electron chi connectivity index (χ0n) is 10.8. The van der Waals surface area contributed by atoms with E-state index in [2.05, 4.69) is 27.6 Å². The number of hydrogen-bond donors (Lipinski definition) is 1. The van der Waals surface area contributed by atoms with Crippen LogP contribution in [0, 0.1) is 0 Å². The van der Waals surface area contributed by atoms with Gasteiger partial charge in [-0.05, 0) is 26.2 Å². The Balaban J connectivity index is 1.76. The van der Waals surface area contributed by atoms with Crippen LogP contribution in [0.1, 0.15) is 11.5 Å². The van der Waals surface area contributed by atoms with E-state index in [0.29, 0.717) is 0 Å². The lowest BCUT2D eigenvalue weighted by Gasteiger charge is -2.14. The van der Waals surface area contributed by atoms with E-state index in [9.17, 15) is 0 Å². The maximum absolute atomic E-state index is 5.31. The first-order valence-electron chi connectivity index (χ1n) is 6.02. The fourth-order valence-electron chi connectivity index (χ4n) is 1.73. The number of hydrogen-bond acceptors (Lipinski definition) is 5. The first-order chi connectivity index (χ1) is 8.78. The van der Waals surface area contributed by atoms with Gasteiger partial charge in [0.05, 0.1) is 25.0 Å². The van der Waals surface area contributed by atoms with Crippen molar-refractivity contribution in [2.75, 3.05) is 20.6 Å². The van der Waals surface area contributed by atoms with E-state index in [0.717, 1.165) is 37.6 Å². The van der Waals surface area contributed by atoms with Crippen LogP contribution in [-0.4, -0.2) is 40.5 Å². The van der Waals surface area contributed by atoms with Gasteiger partial charge in [-0.15, -0.1) is 5.10 Å². The molecule has 0 aliphatic heterocycles. The molecular weight excluding hydrogens is 230 g/mol. The molecule has 2 aromatic heterocycles. The van der Waals surface area contributed by atoms with Crippen molar-refractivity contribution < 1.29 is 4.42 Å². The molecule has 0 unspecified atom stereocenters. The average molecular weight is 249 g/mol. The van der Waals surface area contributed by atoms with Gasteiger partial charge in [0.1, 0.15) is 5.76 Å². The molecule has 2 heterocycles. The lowest BCUT2D eigenvalue weighted by Crippen LogP contribution is -2.22. The fraction of sp³-hybridized carbons (Fsp3) is 0.500. The van der Waals surface area contributed by atoms with E-state index in [-0.39, 0.29) is 0 Å². The van der Waals surface area contributed by atoms with Crippen LogP contribution < -0.4 is 5.32 Å². The second-order valence-electron chi connectivity index (χ2n) is 4.32. The summed E-state index contributed by atoms with van der Waals surface area (Å²) in [7, 11) is 3.96. The van der Waals surface area contributed by atoms with Crippen LogP contribution in [0.25, 0.3) is 0 Å². The van der Waals surface area contributed by atoms with Crippen LogP contribution in [0.15, 0.2) is 29.0 Å². The monoisotopic (exact) mass is 249 g/mol. The molecule has 0 spiro atoms. The van der Waals surface area contributed by atoms with Crippen molar-refractivity contribution in [1.82, 2.24) is 25.2 Å². The van der Waals surface area contributed by atoms with Crippen molar-refractivity contribution in [3.8, 4) is 0 Å². The minimum atomic E-state index is 0.752. The minimum Gasteiger partial charge on any atom is -0.468 e. The maximum Gasteiger partial charge on any atom is 0.117 e. The van der Waals surface area contributed by atoms with Crippen molar-refractivity contribution in [1.29, 1.82) is 0 Å². The van der Waals surface area contributed by atoms with Crippen LogP contribution in [0.2, 0.25) is 0 Å². The molecule has 0 radical (unpaired) electrons. The third-order valence-corrected chi connectivity index (χ3v) is 2.66. The van der Waals surface area contributed by atoms with E-state index in [1.807, 2.05) is 30.1 Å². The highest BCUT2D eigenvalue weighted by Gasteiger charge is 2.04. The molecule has 0 saturated heterocycles. The quantitative estimate of drug-likeness (QED) is 0.783. The van der Waals surface area contributed by atoms with Gasteiger partial charge < -0.3 is 9.73 Å². The molecule has 1 N–H and O–H groups in total. The number of furan rings is 1. The van der Waals surface area contributed by atoms with Crippen molar-refractivity contribution >= 4 is 0 Å². The summed E-state index contributed by atoms with van der Waals surface area (Å²) in [5.41, 5.74) is 0.964. The van der Waals surface area contributed by atoms with Gasteiger partial charge in [-0.1, -0.05) is 5.21 Å². The molecule has 6 heteroatoms. The van der Waals surface area contributed by atoms with E-state index in [1.165, 1.54) is 0 Å². The highest BCUT2D eigenvalue weighted by atomic mass is 16.3. The third-order valence-electron chi connectivity index (χ3n) is 2.66. The molecule has 0 bridgehead atoms. The fourth-order valence-corrected chi connectivity index (χ4v) is 1.73. The normalized spacial score (nSPS) is 11.3. The molecular formula is C12H19N5O. The maximum atomic E-state index is 5.31. The van der Waals surface area contributed by atoms with Gasteiger partial charge in [-0.3, -0.25) is 9.58 Å². The minimum absolute atomic E-state index is 0.752. The zero-order chi connectivity index (χ0) is 12.8. The smallest absolute Gasteiger partial charge is 0.117 e. The summed E-state index contributed by atoms with van der Waals surface area (Å²) < 4.78 is 7.17. The van der Waals surface area contributed by atoms with Crippen LogP contribution >= 0.6 is 0 Å². The van der Waals surface area contributed by atoms with Gasteiger partial charge in [-0.25, -0.2) is 0 Å². The molecule has 0 aliphatic rings. The zero-order valence-corrected chi connectivity index (χ0v) is 10.8. The van der Waals surface area contributed by atoms with E-state index < -0.39 is 0 Å². The molecule has 0 aliphatic carbocycles. The molecule has 0 amide bonds. The molecule has 0 fully saturated rings. The lowest BCUT2D eigenvalue weighted by atomic mass is 10.4. The molecule has 18 heavy (non-hydrogen) atoms. The Bertz CT molecular complexity index is 451. The van der Waals surface area contributed by atoms with Crippen molar-refractivity contribution in [2.24, 2.45) is 0 Å². The second-order valence-corrected chi connectivity index (χ2v) is 4.32. The van der Waals surface area contributed by atoms with Gasteiger partial charge in [0, 0.05) is 19.3 Å². The molecule has 2 rings (SSSR count). The lowest BCUT2D eigenvalue weighted by molar-refractivity contribution is 0.278. The van der Waals surface area contributed by atoms with Gasteiger partial charge in [0.25, 0.3) is 0 Å². The van der Waals surface area contributed by atoms with Crippen molar-refractivity contribution in [3.05, 3.63) is 36.0 Å². The Morgan fingerprint density at radius 2 is 2.39 bits per heavy atom. The number of likely N-dealkylation sites (N-methyl/N-ethyl adjacent to an activating group) is 1. The largest absolute Gasteiger partial charge is 0.468 e. The summed E-state index contributed by atoms with van der Waals surface area (Å²) in [4.78, 5) is 2.19. The number of nitrogens with zero attached hydrogens (tertiary/aromatic N) is 4. The van der Waals surface area contributed by atoms with Crippen molar-refractivity contribution in [2.45, 2.75) is 19.6 Å². The topological polar surface area (TPSA) is 59.1 Å². The summed E-state index contributed by atoms with van der Waals surface area (Å²) in [5, 5.41) is 11.2.